The van der Waals surface area contributed by atoms with E-state index in [2.05, 4.69) is 10.6 Å². The largest absolute Gasteiger partial charge is 0.481 e. The van der Waals surface area contributed by atoms with Crippen LogP contribution in [0.1, 0.15) is 24.8 Å². The minimum atomic E-state index is -3.51. The molecule has 0 atom stereocenters. The Morgan fingerprint density at radius 3 is 2.36 bits per heavy atom. The van der Waals surface area contributed by atoms with Gasteiger partial charge in [-0.2, -0.15) is 4.31 Å². The van der Waals surface area contributed by atoms with Gasteiger partial charge >= 0.3 is 12.0 Å². The molecule has 1 saturated heterocycles. The molecule has 3 N–H and O–H groups in total. The van der Waals surface area contributed by atoms with Crippen molar-refractivity contribution in [1.29, 1.82) is 0 Å². The summed E-state index contributed by atoms with van der Waals surface area (Å²) < 4.78 is 26.6. The highest BCUT2D eigenvalue weighted by molar-refractivity contribution is 7.89. The first kappa shape index (κ1) is 19.2. The third-order valence-corrected chi connectivity index (χ3v) is 5.99. The molecular formula is C16H23N3O5S. The minimum Gasteiger partial charge on any atom is -0.481 e. The molecule has 0 aliphatic carbocycles. The zero-order valence-electron chi connectivity index (χ0n) is 14.1. The monoisotopic (exact) mass is 369 g/mol. The van der Waals surface area contributed by atoms with Gasteiger partial charge < -0.3 is 15.7 Å². The lowest BCUT2D eigenvalue weighted by Gasteiger charge is -2.31. The molecule has 2 rings (SSSR count). The molecule has 0 bridgehead atoms. The predicted molar refractivity (Wildman–Crippen MR) is 91.7 cm³/mol. The Bertz CT molecular complexity index is 710. The third-order valence-electron chi connectivity index (χ3n) is 4.07. The van der Waals surface area contributed by atoms with Crippen molar-refractivity contribution in [2.24, 2.45) is 0 Å². The molecule has 8 nitrogen and oxygen atoms in total. The van der Waals surface area contributed by atoms with Crippen molar-refractivity contribution in [3.63, 3.8) is 0 Å². The van der Waals surface area contributed by atoms with Gasteiger partial charge in [0.15, 0.2) is 0 Å². The zero-order valence-corrected chi connectivity index (χ0v) is 14.9. The molecule has 25 heavy (non-hydrogen) atoms. The molecule has 0 saturated carbocycles. The number of aliphatic carboxylic acids is 1. The second-order valence-electron chi connectivity index (χ2n) is 6.04. The third kappa shape index (κ3) is 5.43. The van der Waals surface area contributed by atoms with Crippen molar-refractivity contribution in [1.82, 2.24) is 14.9 Å². The molecule has 0 radical (unpaired) electrons. The summed E-state index contributed by atoms with van der Waals surface area (Å²) in [6.45, 7) is 2.61. The molecule has 1 aliphatic heterocycles. The number of piperidine rings is 1. The van der Waals surface area contributed by atoms with Crippen molar-refractivity contribution in [2.45, 2.75) is 37.1 Å². The Balaban J connectivity index is 1.83. The number of amides is 2. The van der Waals surface area contributed by atoms with Gasteiger partial charge in [0, 0.05) is 25.7 Å². The molecule has 0 aromatic heterocycles. The van der Waals surface area contributed by atoms with Crippen molar-refractivity contribution in [2.75, 3.05) is 19.6 Å². The quantitative estimate of drug-likeness (QED) is 0.690. The number of carbonyl (C=O) groups is 2. The number of urea groups is 1. The van der Waals surface area contributed by atoms with E-state index in [1.165, 1.54) is 4.31 Å². The summed E-state index contributed by atoms with van der Waals surface area (Å²) in [5.74, 6) is -0.977. The molecular weight excluding hydrogens is 346 g/mol. The number of rotatable bonds is 6. The van der Waals surface area contributed by atoms with E-state index in [1.54, 1.807) is 24.3 Å². The minimum absolute atomic E-state index is 0.0574. The highest BCUT2D eigenvalue weighted by Crippen LogP contribution is 2.21. The van der Waals surface area contributed by atoms with Crippen LogP contribution in [0.15, 0.2) is 29.2 Å². The van der Waals surface area contributed by atoms with E-state index in [-0.39, 0.29) is 23.9 Å². The second kappa shape index (κ2) is 8.30. The highest BCUT2D eigenvalue weighted by Gasteiger charge is 2.29. The maximum Gasteiger partial charge on any atom is 0.315 e. The summed E-state index contributed by atoms with van der Waals surface area (Å²) in [6, 6.07) is 6.18. The number of nitrogens with zero attached hydrogens (tertiary/aromatic N) is 1. The molecule has 1 fully saturated rings. The molecule has 0 unspecified atom stereocenters. The van der Waals surface area contributed by atoms with E-state index in [1.807, 2.05) is 6.92 Å². The molecule has 1 aromatic rings. The Kier molecular flexibility index (Phi) is 6.38. The summed E-state index contributed by atoms with van der Waals surface area (Å²) in [4.78, 5) is 22.4. The number of aryl methyl sites for hydroxylation is 1. The summed E-state index contributed by atoms with van der Waals surface area (Å²) in [5, 5.41) is 13.7. The smallest absolute Gasteiger partial charge is 0.315 e. The Hall–Kier alpha value is -2.13. The molecule has 138 valence electrons. The SMILES string of the molecule is Cc1ccc(S(=O)(=O)N2CCC(NC(=O)NCCC(=O)O)CC2)cc1. The van der Waals surface area contributed by atoms with E-state index < -0.39 is 22.0 Å². The molecule has 1 heterocycles. The predicted octanol–water partition coefficient (Wildman–Crippen LogP) is 0.922. The van der Waals surface area contributed by atoms with Crippen LogP contribution in [0.25, 0.3) is 0 Å². The number of hydrogen-bond acceptors (Lipinski definition) is 4. The van der Waals surface area contributed by atoms with E-state index >= 15 is 0 Å². The molecule has 1 aliphatic rings. The average molecular weight is 369 g/mol. The average Bonchev–Trinajstić information content (AvgIpc) is 2.55. The number of carboxylic acids is 1. The van der Waals surface area contributed by atoms with Crippen molar-refractivity contribution in [3.8, 4) is 0 Å². The van der Waals surface area contributed by atoms with Crippen LogP contribution in [0.3, 0.4) is 0 Å². The van der Waals surface area contributed by atoms with Gasteiger partial charge in [0.1, 0.15) is 0 Å². The fourth-order valence-electron chi connectivity index (χ4n) is 2.62. The first-order chi connectivity index (χ1) is 11.8. The van der Waals surface area contributed by atoms with E-state index in [4.69, 9.17) is 5.11 Å². The molecule has 1 aromatic carbocycles. The van der Waals surface area contributed by atoms with Gasteiger partial charge in [-0.1, -0.05) is 17.7 Å². The van der Waals surface area contributed by atoms with Crippen LogP contribution in [0, 0.1) is 6.92 Å². The van der Waals surface area contributed by atoms with Gasteiger partial charge in [0.05, 0.1) is 11.3 Å². The number of hydrogen-bond donors (Lipinski definition) is 3. The fourth-order valence-corrected chi connectivity index (χ4v) is 4.09. The Morgan fingerprint density at radius 1 is 1.20 bits per heavy atom. The molecule has 9 heteroatoms. The van der Waals surface area contributed by atoms with Crippen LogP contribution in [0.4, 0.5) is 4.79 Å². The van der Waals surface area contributed by atoms with Gasteiger partial charge in [-0.3, -0.25) is 4.79 Å². The summed E-state index contributed by atoms with van der Waals surface area (Å²) in [7, 11) is -3.51. The number of nitrogens with one attached hydrogen (secondary N) is 2. The van der Waals surface area contributed by atoms with Gasteiger partial charge in [0.25, 0.3) is 0 Å². The van der Waals surface area contributed by atoms with Gasteiger partial charge in [-0.15, -0.1) is 0 Å². The number of sulfonamides is 1. The van der Waals surface area contributed by atoms with Gasteiger partial charge in [-0.25, -0.2) is 13.2 Å². The van der Waals surface area contributed by atoms with Crippen LogP contribution in [-0.2, 0) is 14.8 Å². The maximum atomic E-state index is 12.6. The summed E-state index contributed by atoms with van der Waals surface area (Å²) >= 11 is 0. The van der Waals surface area contributed by atoms with Gasteiger partial charge in [-0.05, 0) is 31.9 Å². The number of carbonyl (C=O) groups excluding carboxylic acids is 1. The van der Waals surface area contributed by atoms with Crippen LogP contribution in [0.5, 0.6) is 0 Å². The van der Waals surface area contributed by atoms with Crippen LogP contribution in [-0.4, -0.2) is 55.5 Å². The summed E-state index contributed by atoms with van der Waals surface area (Å²) in [6.07, 6.45) is 0.884. The topological polar surface area (TPSA) is 116 Å². The lowest BCUT2D eigenvalue weighted by molar-refractivity contribution is -0.136. The van der Waals surface area contributed by atoms with Crippen LogP contribution < -0.4 is 10.6 Å². The fraction of sp³-hybridized carbons (Fsp3) is 0.500. The van der Waals surface area contributed by atoms with E-state index in [0.717, 1.165) is 5.56 Å². The van der Waals surface area contributed by atoms with Crippen molar-refractivity contribution < 1.29 is 23.1 Å². The standard InChI is InChI=1S/C16H23N3O5S/c1-12-2-4-14(5-3-12)25(23,24)19-10-7-13(8-11-19)18-16(22)17-9-6-15(20)21/h2-5,13H,6-11H2,1H3,(H,20,21)(H2,17,18,22). The number of carboxylic acid groups (broad SMARTS) is 1. The lowest BCUT2D eigenvalue weighted by Crippen LogP contribution is -2.49. The van der Waals surface area contributed by atoms with E-state index in [9.17, 15) is 18.0 Å². The number of benzene rings is 1. The molecule has 2 amide bonds. The second-order valence-corrected chi connectivity index (χ2v) is 7.97. The van der Waals surface area contributed by atoms with Crippen LogP contribution in [0.2, 0.25) is 0 Å². The maximum absolute atomic E-state index is 12.6. The highest BCUT2D eigenvalue weighted by atomic mass is 32.2. The van der Waals surface area contributed by atoms with Crippen molar-refractivity contribution >= 4 is 22.0 Å². The van der Waals surface area contributed by atoms with Gasteiger partial charge in [0.2, 0.25) is 10.0 Å². The first-order valence-electron chi connectivity index (χ1n) is 8.12. The van der Waals surface area contributed by atoms with E-state index in [0.29, 0.717) is 25.9 Å². The molecule has 0 spiro atoms. The Morgan fingerprint density at radius 2 is 1.80 bits per heavy atom. The normalized spacial score (nSPS) is 16.4. The first-order valence-corrected chi connectivity index (χ1v) is 9.56. The zero-order chi connectivity index (χ0) is 18.4. The van der Waals surface area contributed by atoms with Crippen LogP contribution >= 0.6 is 0 Å². The Labute approximate surface area is 147 Å². The lowest BCUT2D eigenvalue weighted by atomic mass is 10.1. The van der Waals surface area contributed by atoms with Crippen molar-refractivity contribution in [3.05, 3.63) is 29.8 Å². The summed E-state index contributed by atoms with van der Waals surface area (Å²) in [5.41, 5.74) is 0.996.